The van der Waals surface area contributed by atoms with Gasteiger partial charge in [0.25, 0.3) is 11.8 Å². The molecule has 1 saturated heterocycles. The Labute approximate surface area is 184 Å². The van der Waals surface area contributed by atoms with Gasteiger partial charge in [-0.2, -0.15) is 0 Å². The van der Waals surface area contributed by atoms with Crippen LogP contribution in [-0.2, 0) is 4.79 Å². The zero-order valence-electron chi connectivity index (χ0n) is 16.8. The second kappa shape index (κ2) is 9.57. The molecule has 31 heavy (non-hydrogen) atoms. The molecule has 1 aliphatic rings. The molecule has 2 aromatic carbocycles. The van der Waals surface area contributed by atoms with Crippen molar-refractivity contribution in [2.75, 3.05) is 31.1 Å². The fraction of sp³-hybridized carbons (Fsp3) is 0.167. The molecule has 1 fully saturated rings. The average Bonchev–Trinajstić information content (AvgIpc) is 3.32. The first kappa shape index (κ1) is 20.8. The van der Waals surface area contributed by atoms with E-state index >= 15 is 0 Å². The summed E-state index contributed by atoms with van der Waals surface area (Å²) in [6, 6.07) is 19.2. The van der Waals surface area contributed by atoms with Gasteiger partial charge in [-0.15, -0.1) is 11.3 Å². The third-order valence-electron chi connectivity index (χ3n) is 5.10. The number of thiophene rings is 1. The van der Waals surface area contributed by atoms with Crippen LogP contribution in [0.2, 0.25) is 0 Å². The fourth-order valence-electron chi connectivity index (χ4n) is 3.48. The number of anilines is 1. The van der Waals surface area contributed by atoms with E-state index in [1.807, 2.05) is 28.5 Å². The Kier molecular flexibility index (Phi) is 6.43. The molecule has 0 saturated carbocycles. The Morgan fingerprint density at radius 3 is 2.29 bits per heavy atom. The zero-order valence-corrected chi connectivity index (χ0v) is 17.6. The Morgan fingerprint density at radius 1 is 0.903 bits per heavy atom. The van der Waals surface area contributed by atoms with Crippen LogP contribution in [0.1, 0.15) is 15.2 Å². The predicted molar refractivity (Wildman–Crippen MR) is 121 cm³/mol. The standard InChI is InChI=1S/C24H22FN3O2S/c25-20-10-4-5-11-22(20)27-12-14-28(15-13-27)24(30)21(17-19-9-6-16-31-19)26-23(29)18-7-2-1-3-8-18/h1-11,16-17H,12-15H2,(H,26,29)/b21-17+. The first-order valence-corrected chi connectivity index (χ1v) is 10.9. The summed E-state index contributed by atoms with van der Waals surface area (Å²) in [6.07, 6.45) is 1.71. The average molecular weight is 436 g/mol. The van der Waals surface area contributed by atoms with Crippen molar-refractivity contribution in [1.29, 1.82) is 0 Å². The Hall–Kier alpha value is -3.45. The molecule has 0 aliphatic carbocycles. The smallest absolute Gasteiger partial charge is 0.270 e. The number of hydrogen-bond donors (Lipinski definition) is 1. The van der Waals surface area contributed by atoms with Crippen LogP contribution in [0.25, 0.3) is 6.08 Å². The van der Waals surface area contributed by atoms with Gasteiger partial charge in [0, 0.05) is 36.6 Å². The monoisotopic (exact) mass is 435 g/mol. The Bertz CT molecular complexity index is 1080. The van der Waals surface area contributed by atoms with Crippen LogP contribution in [0.4, 0.5) is 10.1 Å². The van der Waals surface area contributed by atoms with Gasteiger partial charge < -0.3 is 15.1 Å². The molecule has 7 heteroatoms. The number of benzene rings is 2. The molecule has 1 N–H and O–H groups in total. The molecular weight excluding hydrogens is 413 g/mol. The number of amides is 2. The molecular formula is C24H22FN3O2S. The molecule has 5 nitrogen and oxygen atoms in total. The summed E-state index contributed by atoms with van der Waals surface area (Å²) in [5.41, 5.74) is 1.26. The molecule has 2 heterocycles. The molecule has 2 amide bonds. The molecule has 3 aromatic rings. The van der Waals surface area contributed by atoms with E-state index in [-0.39, 0.29) is 23.3 Å². The Balaban J connectivity index is 1.49. The van der Waals surface area contributed by atoms with Crippen molar-refractivity contribution in [3.63, 3.8) is 0 Å². The van der Waals surface area contributed by atoms with Crippen LogP contribution in [0.5, 0.6) is 0 Å². The highest BCUT2D eigenvalue weighted by atomic mass is 32.1. The van der Waals surface area contributed by atoms with E-state index in [9.17, 15) is 14.0 Å². The minimum Gasteiger partial charge on any atom is -0.366 e. The van der Waals surface area contributed by atoms with Gasteiger partial charge in [-0.1, -0.05) is 36.4 Å². The van der Waals surface area contributed by atoms with Gasteiger partial charge in [-0.3, -0.25) is 9.59 Å². The van der Waals surface area contributed by atoms with Crippen molar-refractivity contribution in [2.45, 2.75) is 0 Å². The number of para-hydroxylation sites is 1. The van der Waals surface area contributed by atoms with Gasteiger partial charge in [0.2, 0.25) is 0 Å². The number of carbonyl (C=O) groups is 2. The molecule has 4 rings (SSSR count). The van der Waals surface area contributed by atoms with E-state index in [1.54, 1.807) is 53.4 Å². The second-order valence-electron chi connectivity index (χ2n) is 7.12. The molecule has 0 atom stereocenters. The number of hydrogen-bond acceptors (Lipinski definition) is 4. The van der Waals surface area contributed by atoms with Crippen LogP contribution < -0.4 is 10.2 Å². The maximum absolute atomic E-state index is 14.1. The summed E-state index contributed by atoms with van der Waals surface area (Å²) in [7, 11) is 0. The van der Waals surface area contributed by atoms with Crippen LogP contribution in [0.3, 0.4) is 0 Å². The third kappa shape index (κ3) is 5.00. The van der Waals surface area contributed by atoms with Gasteiger partial charge in [-0.05, 0) is 41.8 Å². The summed E-state index contributed by atoms with van der Waals surface area (Å²) in [6.45, 7) is 1.92. The van der Waals surface area contributed by atoms with E-state index in [1.165, 1.54) is 17.4 Å². The maximum Gasteiger partial charge on any atom is 0.270 e. The van der Waals surface area contributed by atoms with Crippen molar-refractivity contribution in [2.24, 2.45) is 0 Å². The first-order chi connectivity index (χ1) is 15.1. The molecule has 1 aliphatic heterocycles. The summed E-state index contributed by atoms with van der Waals surface area (Å²) in [5.74, 6) is -0.844. The molecule has 0 bridgehead atoms. The number of halogens is 1. The summed E-state index contributed by atoms with van der Waals surface area (Å²) in [5, 5.41) is 4.70. The van der Waals surface area contributed by atoms with Crippen LogP contribution in [0.15, 0.2) is 77.8 Å². The lowest BCUT2D eigenvalue weighted by Gasteiger charge is -2.36. The number of piperazine rings is 1. The van der Waals surface area contributed by atoms with Crippen molar-refractivity contribution < 1.29 is 14.0 Å². The highest BCUT2D eigenvalue weighted by Gasteiger charge is 2.26. The van der Waals surface area contributed by atoms with Gasteiger partial charge in [0.1, 0.15) is 11.5 Å². The largest absolute Gasteiger partial charge is 0.366 e. The predicted octanol–water partition coefficient (Wildman–Crippen LogP) is 4.01. The van der Waals surface area contributed by atoms with E-state index in [0.717, 1.165) is 4.88 Å². The van der Waals surface area contributed by atoms with Gasteiger partial charge in [-0.25, -0.2) is 4.39 Å². The molecule has 158 valence electrons. The van der Waals surface area contributed by atoms with Gasteiger partial charge in [0.05, 0.1) is 5.69 Å². The quantitative estimate of drug-likeness (QED) is 0.616. The normalized spacial score (nSPS) is 14.4. The van der Waals surface area contributed by atoms with E-state index in [0.29, 0.717) is 37.4 Å². The lowest BCUT2D eigenvalue weighted by atomic mass is 10.2. The van der Waals surface area contributed by atoms with Crippen LogP contribution >= 0.6 is 11.3 Å². The van der Waals surface area contributed by atoms with E-state index in [4.69, 9.17) is 0 Å². The number of nitrogens with one attached hydrogen (secondary N) is 1. The van der Waals surface area contributed by atoms with Crippen LogP contribution in [-0.4, -0.2) is 42.9 Å². The summed E-state index contributed by atoms with van der Waals surface area (Å²) < 4.78 is 14.1. The molecule has 0 radical (unpaired) electrons. The minimum atomic E-state index is -0.332. The second-order valence-corrected chi connectivity index (χ2v) is 8.10. The summed E-state index contributed by atoms with van der Waals surface area (Å²) >= 11 is 1.49. The van der Waals surface area contributed by atoms with Crippen molar-refractivity contribution in [3.8, 4) is 0 Å². The Morgan fingerprint density at radius 2 is 1.61 bits per heavy atom. The number of nitrogens with zero attached hydrogens (tertiary/aromatic N) is 2. The number of rotatable bonds is 5. The first-order valence-electron chi connectivity index (χ1n) is 10.0. The molecule has 1 aromatic heterocycles. The molecule has 0 unspecified atom stereocenters. The third-order valence-corrected chi connectivity index (χ3v) is 5.92. The minimum absolute atomic E-state index is 0.232. The highest BCUT2D eigenvalue weighted by Crippen LogP contribution is 2.21. The number of carbonyl (C=O) groups excluding carboxylic acids is 2. The maximum atomic E-state index is 14.1. The van der Waals surface area contributed by atoms with E-state index < -0.39 is 0 Å². The van der Waals surface area contributed by atoms with E-state index in [2.05, 4.69) is 5.32 Å². The zero-order chi connectivity index (χ0) is 21.6. The lowest BCUT2D eigenvalue weighted by Crippen LogP contribution is -2.50. The van der Waals surface area contributed by atoms with Crippen LogP contribution in [0, 0.1) is 5.82 Å². The lowest BCUT2D eigenvalue weighted by molar-refractivity contribution is -0.127. The van der Waals surface area contributed by atoms with Crippen molar-refractivity contribution >= 4 is 34.9 Å². The SMILES string of the molecule is O=C(N/C(=C/c1cccs1)C(=O)N1CCN(c2ccccc2F)CC1)c1ccccc1. The van der Waals surface area contributed by atoms with Gasteiger partial charge >= 0.3 is 0 Å². The topological polar surface area (TPSA) is 52.7 Å². The summed E-state index contributed by atoms with van der Waals surface area (Å²) in [4.78, 5) is 30.4. The highest BCUT2D eigenvalue weighted by molar-refractivity contribution is 7.10. The van der Waals surface area contributed by atoms with Crippen molar-refractivity contribution in [3.05, 3.63) is 94.1 Å². The molecule has 0 spiro atoms. The van der Waals surface area contributed by atoms with Gasteiger partial charge in [0.15, 0.2) is 0 Å². The fourth-order valence-corrected chi connectivity index (χ4v) is 4.14. The van der Waals surface area contributed by atoms with Crippen molar-refractivity contribution in [1.82, 2.24) is 10.2 Å².